The van der Waals surface area contributed by atoms with Crippen LogP contribution in [0.1, 0.15) is 38.2 Å². The minimum atomic E-state index is -0.484. The van der Waals surface area contributed by atoms with E-state index in [1.807, 2.05) is 24.3 Å². The predicted octanol–water partition coefficient (Wildman–Crippen LogP) is 1.48. The molecule has 27 heavy (non-hydrogen) atoms. The highest BCUT2D eigenvalue weighted by molar-refractivity contribution is 5.79. The lowest BCUT2D eigenvalue weighted by Crippen LogP contribution is -2.45. The second-order valence-corrected chi connectivity index (χ2v) is 6.85. The van der Waals surface area contributed by atoms with Gasteiger partial charge in [0, 0.05) is 32.7 Å². The molecule has 1 aromatic rings. The fourth-order valence-corrected chi connectivity index (χ4v) is 3.44. The lowest BCUT2D eigenvalue weighted by Gasteiger charge is -2.35. The van der Waals surface area contributed by atoms with Crippen LogP contribution in [0.15, 0.2) is 29.3 Å². The van der Waals surface area contributed by atoms with Crippen LogP contribution in [0.25, 0.3) is 0 Å². The molecule has 1 unspecified atom stereocenters. The van der Waals surface area contributed by atoms with Gasteiger partial charge in [-0.1, -0.05) is 25.5 Å². The van der Waals surface area contributed by atoms with Gasteiger partial charge in [-0.15, -0.1) is 0 Å². The number of carbonyl (C=O) groups is 1. The molecule has 7 nitrogen and oxygen atoms in total. The third-order valence-electron chi connectivity index (χ3n) is 4.87. The van der Waals surface area contributed by atoms with Crippen molar-refractivity contribution in [1.29, 1.82) is 0 Å². The van der Waals surface area contributed by atoms with Crippen LogP contribution in [0.5, 0.6) is 5.75 Å². The average Bonchev–Trinajstić information content (AvgIpc) is 2.69. The number of rotatable bonds is 9. The molecule has 0 radical (unpaired) electrons. The molecule has 1 amide bonds. The molecule has 0 aromatic heterocycles. The molecule has 1 fully saturated rings. The van der Waals surface area contributed by atoms with Crippen LogP contribution in [-0.2, 0) is 11.3 Å². The zero-order valence-electron chi connectivity index (χ0n) is 16.5. The number of piperidine rings is 1. The van der Waals surface area contributed by atoms with E-state index >= 15 is 0 Å². The number of benzene rings is 1. The number of nitrogens with two attached hydrogens (primary N) is 1. The van der Waals surface area contributed by atoms with Crippen LogP contribution in [0.2, 0.25) is 0 Å². The van der Waals surface area contributed by atoms with Gasteiger partial charge in [0.05, 0.1) is 0 Å². The van der Waals surface area contributed by atoms with E-state index in [1.165, 1.54) is 32.2 Å². The van der Waals surface area contributed by atoms with E-state index in [-0.39, 0.29) is 6.61 Å². The number of hydrogen-bond donors (Lipinski definition) is 3. The van der Waals surface area contributed by atoms with Crippen molar-refractivity contribution in [3.05, 3.63) is 29.8 Å². The van der Waals surface area contributed by atoms with Gasteiger partial charge in [-0.25, -0.2) is 0 Å². The Morgan fingerprint density at radius 2 is 2.22 bits per heavy atom. The van der Waals surface area contributed by atoms with Crippen LogP contribution in [-0.4, -0.2) is 56.1 Å². The van der Waals surface area contributed by atoms with Gasteiger partial charge >= 0.3 is 0 Å². The van der Waals surface area contributed by atoms with Gasteiger partial charge in [-0.2, -0.15) is 0 Å². The van der Waals surface area contributed by atoms with Crippen molar-refractivity contribution in [1.82, 2.24) is 15.5 Å². The van der Waals surface area contributed by atoms with E-state index in [9.17, 15) is 4.79 Å². The molecule has 4 N–H and O–H groups in total. The van der Waals surface area contributed by atoms with Crippen LogP contribution in [0, 0.1) is 0 Å². The molecule has 0 aliphatic carbocycles. The number of nitrogens with zero attached hydrogens (tertiary/aromatic N) is 2. The first kappa shape index (κ1) is 21.0. The van der Waals surface area contributed by atoms with Gasteiger partial charge in [-0.3, -0.25) is 14.7 Å². The van der Waals surface area contributed by atoms with E-state index in [4.69, 9.17) is 10.5 Å². The Bertz CT molecular complexity index is 620. The molecular formula is C20H33N5O2. The van der Waals surface area contributed by atoms with Crippen molar-refractivity contribution < 1.29 is 9.53 Å². The van der Waals surface area contributed by atoms with Gasteiger partial charge in [0.15, 0.2) is 12.6 Å². The zero-order chi connectivity index (χ0) is 19.5. The summed E-state index contributed by atoms with van der Waals surface area (Å²) in [6.45, 7) is 5.89. The number of aliphatic imine (C=N–C) groups is 1. The van der Waals surface area contributed by atoms with Gasteiger partial charge < -0.3 is 21.1 Å². The summed E-state index contributed by atoms with van der Waals surface area (Å²) in [7, 11) is 1.78. The molecule has 7 heteroatoms. The van der Waals surface area contributed by atoms with Gasteiger partial charge in [0.25, 0.3) is 5.91 Å². The summed E-state index contributed by atoms with van der Waals surface area (Å²) in [6, 6.07) is 8.31. The maximum absolute atomic E-state index is 10.8. The summed E-state index contributed by atoms with van der Waals surface area (Å²) < 4.78 is 5.34. The Hall–Kier alpha value is -2.28. The maximum Gasteiger partial charge on any atom is 0.255 e. The van der Waals surface area contributed by atoms with Crippen LogP contribution >= 0.6 is 0 Å². The SMILES string of the molecule is CCC1CCCCN1CCNC(=NC)NCc1cccc(OCC(N)=O)c1. The Labute approximate surface area is 162 Å². The quantitative estimate of drug-likeness (QED) is 0.449. The van der Waals surface area contributed by atoms with Crippen LogP contribution < -0.4 is 21.1 Å². The molecule has 0 bridgehead atoms. The molecule has 1 atom stereocenters. The highest BCUT2D eigenvalue weighted by Gasteiger charge is 2.19. The highest BCUT2D eigenvalue weighted by Crippen LogP contribution is 2.18. The smallest absolute Gasteiger partial charge is 0.255 e. The van der Waals surface area contributed by atoms with Crippen LogP contribution in [0.4, 0.5) is 0 Å². The second-order valence-electron chi connectivity index (χ2n) is 6.85. The third-order valence-corrected chi connectivity index (χ3v) is 4.87. The number of hydrogen-bond acceptors (Lipinski definition) is 4. The zero-order valence-corrected chi connectivity index (χ0v) is 16.5. The molecular weight excluding hydrogens is 342 g/mol. The normalized spacial score (nSPS) is 18.1. The first-order chi connectivity index (χ1) is 13.1. The molecule has 1 aliphatic heterocycles. The largest absolute Gasteiger partial charge is 0.484 e. The van der Waals surface area contributed by atoms with Crippen molar-refractivity contribution in [2.45, 2.75) is 45.2 Å². The Morgan fingerprint density at radius 1 is 1.37 bits per heavy atom. The lowest BCUT2D eigenvalue weighted by molar-refractivity contribution is -0.119. The first-order valence-corrected chi connectivity index (χ1v) is 9.81. The fraction of sp³-hybridized carbons (Fsp3) is 0.600. The summed E-state index contributed by atoms with van der Waals surface area (Å²) in [4.78, 5) is 17.7. The molecule has 0 spiro atoms. The number of nitrogens with one attached hydrogen (secondary N) is 2. The standard InChI is InChI=1S/C20H33N5O2/c1-3-17-8-4-5-11-25(17)12-10-23-20(22-2)24-14-16-7-6-9-18(13-16)27-15-19(21)26/h6-7,9,13,17H,3-5,8,10-12,14-15H2,1-2H3,(H2,21,26)(H2,22,23,24). The van der Waals surface area contributed by atoms with Gasteiger partial charge in [0.2, 0.25) is 0 Å². The molecule has 1 aromatic carbocycles. The predicted molar refractivity (Wildman–Crippen MR) is 109 cm³/mol. The molecule has 1 heterocycles. The molecule has 0 saturated carbocycles. The Balaban J connectivity index is 1.75. The fourth-order valence-electron chi connectivity index (χ4n) is 3.44. The maximum atomic E-state index is 10.8. The summed E-state index contributed by atoms with van der Waals surface area (Å²) >= 11 is 0. The van der Waals surface area contributed by atoms with Crippen molar-refractivity contribution in [3.8, 4) is 5.75 Å². The van der Waals surface area contributed by atoms with Crippen molar-refractivity contribution in [2.75, 3.05) is 33.3 Å². The van der Waals surface area contributed by atoms with Gasteiger partial charge in [0.1, 0.15) is 5.75 Å². The van der Waals surface area contributed by atoms with E-state index in [2.05, 4.69) is 27.4 Å². The number of likely N-dealkylation sites (tertiary alicyclic amines) is 1. The monoisotopic (exact) mass is 375 g/mol. The minimum absolute atomic E-state index is 0.116. The number of primary amides is 1. The molecule has 1 saturated heterocycles. The molecule has 2 rings (SSSR count). The van der Waals surface area contributed by atoms with Gasteiger partial charge in [-0.05, 0) is 43.5 Å². The molecule has 150 valence electrons. The van der Waals surface area contributed by atoms with E-state index in [0.29, 0.717) is 12.3 Å². The number of ether oxygens (including phenoxy) is 1. The summed E-state index contributed by atoms with van der Waals surface area (Å²) in [5, 5.41) is 6.71. The molecule has 1 aliphatic rings. The lowest BCUT2D eigenvalue weighted by atomic mass is 10.0. The van der Waals surface area contributed by atoms with E-state index in [1.54, 1.807) is 7.05 Å². The van der Waals surface area contributed by atoms with Crippen molar-refractivity contribution in [2.24, 2.45) is 10.7 Å². The number of guanidine groups is 1. The summed E-state index contributed by atoms with van der Waals surface area (Å²) in [5.41, 5.74) is 6.15. The summed E-state index contributed by atoms with van der Waals surface area (Å²) in [5.74, 6) is 0.928. The average molecular weight is 376 g/mol. The topological polar surface area (TPSA) is 92.0 Å². The highest BCUT2D eigenvalue weighted by atomic mass is 16.5. The Kier molecular flexibility index (Phi) is 8.91. The van der Waals surface area contributed by atoms with Crippen molar-refractivity contribution >= 4 is 11.9 Å². The number of amides is 1. The minimum Gasteiger partial charge on any atom is -0.484 e. The van der Waals surface area contributed by atoms with Crippen LogP contribution in [0.3, 0.4) is 0 Å². The third kappa shape index (κ3) is 7.46. The number of carbonyl (C=O) groups excluding carboxylic acids is 1. The first-order valence-electron chi connectivity index (χ1n) is 9.81. The Morgan fingerprint density at radius 3 is 2.96 bits per heavy atom. The second kappa shape index (κ2) is 11.4. The summed E-state index contributed by atoms with van der Waals surface area (Å²) in [6.07, 6.45) is 5.20. The van der Waals surface area contributed by atoms with Crippen molar-refractivity contribution in [3.63, 3.8) is 0 Å². The van der Waals surface area contributed by atoms with E-state index in [0.717, 1.165) is 30.7 Å². The van der Waals surface area contributed by atoms with E-state index < -0.39 is 5.91 Å².